The second-order valence-corrected chi connectivity index (χ2v) is 8.43. The Morgan fingerprint density at radius 2 is 1.89 bits per heavy atom. The second-order valence-electron chi connectivity index (χ2n) is 8.43. The summed E-state index contributed by atoms with van der Waals surface area (Å²) in [6.45, 7) is -0.00245. The second kappa shape index (κ2) is 9.46. The number of pyridine rings is 1. The van der Waals surface area contributed by atoms with Gasteiger partial charge in [-0.3, -0.25) is 19.3 Å². The number of hydrogen-bond donors (Lipinski definition) is 1. The Labute approximate surface area is 205 Å². The van der Waals surface area contributed by atoms with Crippen LogP contribution in [0.2, 0.25) is 0 Å². The van der Waals surface area contributed by atoms with E-state index in [1.165, 1.54) is 28.9 Å². The van der Waals surface area contributed by atoms with Crippen LogP contribution in [0, 0.1) is 11.6 Å². The molecule has 5 rings (SSSR count). The van der Waals surface area contributed by atoms with Crippen molar-refractivity contribution in [2.45, 2.75) is 12.1 Å². The first-order chi connectivity index (χ1) is 17.4. The van der Waals surface area contributed by atoms with Crippen LogP contribution in [-0.4, -0.2) is 53.6 Å². The number of fused-ring (bicyclic) bond motifs is 5. The van der Waals surface area contributed by atoms with Crippen molar-refractivity contribution >= 4 is 5.91 Å². The van der Waals surface area contributed by atoms with E-state index in [-0.39, 0.29) is 31.3 Å². The summed E-state index contributed by atoms with van der Waals surface area (Å²) >= 11 is 0. The van der Waals surface area contributed by atoms with Gasteiger partial charge in [0.15, 0.2) is 23.0 Å². The van der Waals surface area contributed by atoms with Gasteiger partial charge in [-0.1, -0.05) is 36.4 Å². The summed E-state index contributed by atoms with van der Waals surface area (Å²) in [6.07, 6.45) is 4.63. The highest BCUT2D eigenvalue weighted by molar-refractivity contribution is 5.96. The Morgan fingerprint density at radius 1 is 1.11 bits per heavy atom. The van der Waals surface area contributed by atoms with Crippen LogP contribution in [0.5, 0.6) is 11.5 Å². The van der Waals surface area contributed by atoms with Gasteiger partial charge in [0, 0.05) is 24.9 Å². The topological polar surface area (TPSA) is 84.2 Å². The van der Waals surface area contributed by atoms with Crippen molar-refractivity contribution in [1.29, 1.82) is 0 Å². The number of aromatic hydroxyl groups is 1. The maximum absolute atomic E-state index is 15.1. The molecule has 1 N–H and O–H groups in total. The third kappa shape index (κ3) is 3.89. The van der Waals surface area contributed by atoms with Crippen molar-refractivity contribution in [1.82, 2.24) is 9.58 Å². The van der Waals surface area contributed by atoms with E-state index in [1.54, 1.807) is 29.3 Å². The number of ether oxygens (including phenoxy) is 2. The molecule has 0 spiro atoms. The van der Waals surface area contributed by atoms with Crippen LogP contribution < -0.4 is 15.2 Å². The number of hydrogen-bond acceptors (Lipinski definition) is 6. The Kier molecular flexibility index (Phi) is 6.19. The lowest BCUT2D eigenvalue weighted by Gasteiger charge is -2.45. The van der Waals surface area contributed by atoms with Crippen LogP contribution in [-0.2, 0) is 4.74 Å². The first-order valence-electron chi connectivity index (χ1n) is 11.3. The lowest BCUT2D eigenvalue weighted by molar-refractivity contribution is 0.0518. The molecule has 10 heteroatoms. The summed E-state index contributed by atoms with van der Waals surface area (Å²) in [5, 5.41) is 12.4. The lowest BCUT2D eigenvalue weighted by atomic mass is 9.96. The first kappa shape index (κ1) is 23.6. The van der Waals surface area contributed by atoms with E-state index in [1.807, 2.05) is 18.2 Å². The summed E-state index contributed by atoms with van der Waals surface area (Å²) in [7, 11) is 1.48. The Morgan fingerprint density at radius 3 is 2.64 bits per heavy atom. The molecular formula is C26H23F2N3O5. The largest absolute Gasteiger partial charge is 0.502 e. The standard InChI is InChI=1S/C26H23F2N3O5/c1-35-14-17-8-5-13-36-25-18(9-10-19(27)21(25)28)22(16-6-3-2-4-7-16)31-15-29(17)26(34)23-24(33)20(32)11-12-30(23)31/h2-12,17,22,33H,13-15H2,1H3/b8-5+/t17-,22+/m1/s1. The van der Waals surface area contributed by atoms with Crippen LogP contribution in [0.3, 0.4) is 0 Å². The fourth-order valence-electron chi connectivity index (χ4n) is 4.64. The molecule has 0 saturated carbocycles. The average Bonchev–Trinajstić information content (AvgIpc) is 2.90. The number of methoxy groups -OCH3 is 1. The molecule has 0 aliphatic carbocycles. The highest BCUT2D eigenvalue weighted by atomic mass is 19.2. The predicted molar refractivity (Wildman–Crippen MR) is 127 cm³/mol. The van der Waals surface area contributed by atoms with E-state index in [4.69, 9.17) is 9.47 Å². The average molecular weight is 495 g/mol. The van der Waals surface area contributed by atoms with Crippen LogP contribution in [0.25, 0.3) is 0 Å². The summed E-state index contributed by atoms with van der Waals surface area (Å²) in [5.41, 5.74) is 0.0283. The molecule has 8 nitrogen and oxygen atoms in total. The van der Waals surface area contributed by atoms with Gasteiger partial charge < -0.3 is 19.5 Å². The van der Waals surface area contributed by atoms with Crippen molar-refractivity contribution < 1.29 is 28.2 Å². The number of amides is 1. The predicted octanol–water partition coefficient (Wildman–Crippen LogP) is 2.94. The maximum atomic E-state index is 15.1. The zero-order chi connectivity index (χ0) is 25.4. The zero-order valence-electron chi connectivity index (χ0n) is 19.3. The number of nitrogens with zero attached hydrogens (tertiary/aromatic N) is 3. The van der Waals surface area contributed by atoms with E-state index in [0.29, 0.717) is 11.1 Å². The Bertz CT molecular complexity index is 1390. The molecular weight excluding hydrogens is 472 g/mol. The molecule has 2 atom stereocenters. The van der Waals surface area contributed by atoms with Gasteiger partial charge in [-0.25, -0.2) is 4.39 Å². The van der Waals surface area contributed by atoms with Gasteiger partial charge in [-0.15, -0.1) is 0 Å². The minimum Gasteiger partial charge on any atom is -0.502 e. The van der Waals surface area contributed by atoms with Crippen molar-refractivity contribution in [2.75, 3.05) is 32.0 Å². The minimum absolute atomic E-state index is 0.0233. The first-order valence-corrected chi connectivity index (χ1v) is 11.3. The van der Waals surface area contributed by atoms with Crippen molar-refractivity contribution in [3.63, 3.8) is 0 Å². The van der Waals surface area contributed by atoms with E-state index in [0.717, 1.165) is 12.1 Å². The molecule has 1 aromatic heterocycles. The van der Waals surface area contributed by atoms with Crippen LogP contribution in [0.1, 0.15) is 27.7 Å². The number of halogens is 2. The molecule has 0 saturated heterocycles. The van der Waals surface area contributed by atoms with Gasteiger partial charge in [0.1, 0.15) is 19.3 Å². The fourth-order valence-corrected chi connectivity index (χ4v) is 4.64. The maximum Gasteiger partial charge on any atom is 0.278 e. The molecule has 3 heterocycles. The normalized spacial score (nSPS) is 20.1. The number of carbonyl (C=O) groups is 1. The van der Waals surface area contributed by atoms with Gasteiger partial charge in [0.2, 0.25) is 11.2 Å². The van der Waals surface area contributed by atoms with Gasteiger partial charge in [0.25, 0.3) is 5.91 Å². The number of benzene rings is 2. The molecule has 0 unspecified atom stereocenters. The van der Waals surface area contributed by atoms with Crippen LogP contribution in [0.15, 0.2) is 71.7 Å². The molecule has 1 amide bonds. The third-order valence-electron chi connectivity index (χ3n) is 6.30. The summed E-state index contributed by atoms with van der Waals surface area (Å²) < 4.78 is 41.8. The van der Waals surface area contributed by atoms with Gasteiger partial charge in [-0.2, -0.15) is 4.39 Å². The fraction of sp³-hybridized carbons (Fsp3) is 0.231. The van der Waals surface area contributed by atoms with E-state index in [9.17, 15) is 19.1 Å². The van der Waals surface area contributed by atoms with E-state index < -0.39 is 40.8 Å². The molecule has 2 aliphatic rings. The molecule has 186 valence electrons. The number of carbonyl (C=O) groups excluding carboxylic acids is 1. The van der Waals surface area contributed by atoms with Crippen LogP contribution >= 0.6 is 0 Å². The smallest absolute Gasteiger partial charge is 0.278 e. The molecule has 2 aromatic carbocycles. The van der Waals surface area contributed by atoms with Crippen molar-refractivity contribution in [2.24, 2.45) is 0 Å². The SMILES string of the molecule is COC[C@H]1/C=C/COc2c(ccc(F)c2F)[C@H](c2ccccc2)N2CN1C(=O)c1c(O)c(=O)ccn12. The van der Waals surface area contributed by atoms with Crippen molar-refractivity contribution in [3.05, 3.63) is 106 Å². The molecule has 2 bridgehead atoms. The highest BCUT2D eigenvalue weighted by Crippen LogP contribution is 2.39. The molecule has 0 fully saturated rings. The highest BCUT2D eigenvalue weighted by Gasteiger charge is 2.40. The lowest BCUT2D eigenvalue weighted by Crippen LogP contribution is -2.58. The van der Waals surface area contributed by atoms with E-state index in [2.05, 4.69) is 0 Å². The monoisotopic (exact) mass is 495 g/mol. The molecule has 0 radical (unpaired) electrons. The summed E-state index contributed by atoms with van der Waals surface area (Å²) in [5.74, 6) is -3.75. The molecule has 2 aliphatic heterocycles. The quantitative estimate of drug-likeness (QED) is 0.563. The third-order valence-corrected chi connectivity index (χ3v) is 6.30. The van der Waals surface area contributed by atoms with Gasteiger partial charge >= 0.3 is 0 Å². The minimum atomic E-state index is -1.14. The van der Waals surface area contributed by atoms with Crippen LogP contribution in [0.4, 0.5) is 8.78 Å². The van der Waals surface area contributed by atoms with Gasteiger partial charge in [-0.05, 0) is 23.8 Å². The van der Waals surface area contributed by atoms with Gasteiger partial charge in [0.05, 0.1) is 12.6 Å². The van der Waals surface area contributed by atoms with Crippen molar-refractivity contribution in [3.8, 4) is 11.5 Å². The summed E-state index contributed by atoms with van der Waals surface area (Å²) in [6, 6.07) is 11.2. The Hall–Kier alpha value is -4.18. The molecule has 3 aromatic rings. The number of aromatic nitrogens is 1. The van der Waals surface area contributed by atoms with E-state index >= 15 is 4.39 Å². The summed E-state index contributed by atoms with van der Waals surface area (Å²) in [4.78, 5) is 27.3. The number of rotatable bonds is 3. The Balaban J connectivity index is 1.83. The molecule has 36 heavy (non-hydrogen) atoms. The zero-order valence-corrected chi connectivity index (χ0v) is 19.3.